The lowest BCUT2D eigenvalue weighted by Crippen LogP contribution is -2.44. The molecule has 1 aromatic carbocycles. The number of hydrogen-bond donors (Lipinski definition) is 1. The molecule has 0 bridgehead atoms. The number of benzene rings is 1. The fourth-order valence-electron chi connectivity index (χ4n) is 3.03. The fourth-order valence-corrected chi connectivity index (χ4v) is 3.03. The number of fused-ring (bicyclic) bond motifs is 1. The van der Waals surface area contributed by atoms with E-state index in [1.807, 2.05) is 38.2 Å². The van der Waals surface area contributed by atoms with E-state index in [1.165, 1.54) is 4.90 Å². The van der Waals surface area contributed by atoms with Gasteiger partial charge in [-0.15, -0.1) is 0 Å². The molecule has 3 rings (SSSR count). The van der Waals surface area contributed by atoms with Crippen LogP contribution < -0.4 is 0 Å². The highest BCUT2D eigenvalue weighted by molar-refractivity contribution is 5.96. The summed E-state index contributed by atoms with van der Waals surface area (Å²) < 4.78 is 1.79. The second kappa shape index (κ2) is 5.33. The Morgan fingerprint density at radius 3 is 2.55 bits per heavy atom. The summed E-state index contributed by atoms with van der Waals surface area (Å²) in [5.41, 5.74) is 3.19. The number of amides is 1. The van der Waals surface area contributed by atoms with E-state index in [-0.39, 0.29) is 5.91 Å². The first-order valence-electron chi connectivity index (χ1n) is 7.24. The molecule has 5 heteroatoms. The Morgan fingerprint density at radius 2 is 1.91 bits per heavy atom. The van der Waals surface area contributed by atoms with Crippen molar-refractivity contribution in [1.82, 2.24) is 9.47 Å². The van der Waals surface area contributed by atoms with Gasteiger partial charge < -0.3 is 14.6 Å². The third-order valence-electron chi connectivity index (χ3n) is 4.37. The van der Waals surface area contributed by atoms with Gasteiger partial charge in [0.15, 0.2) is 6.04 Å². The largest absolute Gasteiger partial charge is 0.479 e. The van der Waals surface area contributed by atoms with Crippen LogP contribution in [-0.2, 0) is 18.3 Å². The van der Waals surface area contributed by atoms with Gasteiger partial charge in [-0.2, -0.15) is 0 Å². The van der Waals surface area contributed by atoms with Crippen LogP contribution in [0.2, 0.25) is 0 Å². The number of hydrogen-bond acceptors (Lipinski definition) is 2. The van der Waals surface area contributed by atoms with Gasteiger partial charge in [0.1, 0.15) is 5.69 Å². The highest BCUT2D eigenvalue weighted by Crippen LogP contribution is 2.31. The standard InChI is InChI=1S/C17H18N2O3/c1-11-7-8-14(18(11)2)16(20)19-10-9-12-5-3-4-6-13(12)15(19)17(21)22/h3-8,15H,9-10H2,1-2H3,(H,21,22). The van der Waals surface area contributed by atoms with Crippen LogP contribution in [-0.4, -0.2) is 33.0 Å². The van der Waals surface area contributed by atoms with Crippen LogP contribution in [0.25, 0.3) is 0 Å². The first-order valence-corrected chi connectivity index (χ1v) is 7.24. The summed E-state index contributed by atoms with van der Waals surface area (Å²) in [4.78, 5) is 26.0. The molecule has 0 aliphatic carbocycles. The Hall–Kier alpha value is -2.56. The van der Waals surface area contributed by atoms with Gasteiger partial charge in [-0.25, -0.2) is 4.79 Å². The van der Waals surface area contributed by atoms with Crippen LogP contribution in [0.4, 0.5) is 0 Å². The van der Waals surface area contributed by atoms with Gasteiger partial charge in [0.25, 0.3) is 5.91 Å². The first-order chi connectivity index (χ1) is 10.5. The molecule has 1 atom stereocenters. The third-order valence-corrected chi connectivity index (χ3v) is 4.37. The van der Waals surface area contributed by atoms with Crippen molar-refractivity contribution in [3.05, 3.63) is 58.9 Å². The number of carbonyl (C=O) groups excluding carboxylic acids is 1. The van der Waals surface area contributed by atoms with Crippen LogP contribution in [0, 0.1) is 6.92 Å². The molecule has 22 heavy (non-hydrogen) atoms. The minimum Gasteiger partial charge on any atom is -0.479 e. The monoisotopic (exact) mass is 298 g/mol. The lowest BCUT2D eigenvalue weighted by Gasteiger charge is -2.34. The van der Waals surface area contributed by atoms with Crippen LogP contribution >= 0.6 is 0 Å². The Kier molecular flexibility index (Phi) is 3.48. The Morgan fingerprint density at radius 1 is 1.18 bits per heavy atom. The molecule has 0 fully saturated rings. The zero-order chi connectivity index (χ0) is 15.9. The molecule has 1 amide bonds. The normalized spacial score (nSPS) is 17.2. The van der Waals surface area contributed by atoms with Crippen LogP contribution in [0.3, 0.4) is 0 Å². The summed E-state index contributed by atoms with van der Waals surface area (Å²) in [7, 11) is 1.82. The summed E-state index contributed by atoms with van der Waals surface area (Å²) in [5.74, 6) is -1.23. The number of rotatable bonds is 2. The van der Waals surface area contributed by atoms with Crippen molar-refractivity contribution in [3.63, 3.8) is 0 Å². The molecule has 0 saturated carbocycles. The maximum absolute atomic E-state index is 12.8. The van der Waals surface area contributed by atoms with E-state index >= 15 is 0 Å². The molecular weight excluding hydrogens is 280 g/mol. The first kappa shape index (κ1) is 14.4. The molecule has 1 aliphatic heterocycles. The highest BCUT2D eigenvalue weighted by atomic mass is 16.4. The molecule has 5 nitrogen and oxygen atoms in total. The van der Waals surface area contributed by atoms with Crippen molar-refractivity contribution in [1.29, 1.82) is 0 Å². The number of aliphatic carboxylic acids is 1. The van der Waals surface area contributed by atoms with E-state index in [9.17, 15) is 14.7 Å². The topological polar surface area (TPSA) is 62.5 Å². The van der Waals surface area contributed by atoms with E-state index in [4.69, 9.17) is 0 Å². The molecular formula is C17H18N2O3. The summed E-state index contributed by atoms with van der Waals surface area (Å²) >= 11 is 0. The average molecular weight is 298 g/mol. The van der Waals surface area contributed by atoms with E-state index < -0.39 is 12.0 Å². The summed E-state index contributed by atoms with van der Waals surface area (Å²) in [6.07, 6.45) is 0.676. The van der Waals surface area contributed by atoms with Gasteiger partial charge in [-0.1, -0.05) is 24.3 Å². The van der Waals surface area contributed by atoms with E-state index in [2.05, 4.69) is 0 Å². The van der Waals surface area contributed by atoms with Gasteiger partial charge in [0.2, 0.25) is 0 Å². The zero-order valence-corrected chi connectivity index (χ0v) is 12.6. The molecule has 1 aliphatic rings. The second-order valence-electron chi connectivity index (χ2n) is 5.61. The Balaban J connectivity index is 2.02. The molecule has 114 valence electrons. The number of aromatic nitrogens is 1. The maximum Gasteiger partial charge on any atom is 0.331 e. The van der Waals surface area contributed by atoms with Crippen molar-refractivity contribution in [2.45, 2.75) is 19.4 Å². The fraction of sp³-hybridized carbons (Fsp3) is 0.294. The van der Waals surface area contributed by atoms with Gasteiger partial charge in [-0.05, 0) is 36.6 Å². The van der Waals surface area contributed by atoms with Crippen molar-refractivity contribution < 1.29 is 14.7 Å². The lowest BCUT2D eigenvalue weighted by atomic mass is 9.92. The summed E-state index contributed by atoms with van der Waals surface area (Å²) in [5, 5.41) is 9.63. The van der Waals surface area contributed by atoms with Crippen LogP contribution in [0.1, 0.15) is 33.4 Å². The van der Waals surface area contributed by atoms with Crippen molar-refractivity contribution >= 4 is 11.9 Å². The Bertz CT molecular complexity index is 748. The number of nitrogens with zero attached hydrogens (tertiary/aromatic N) is 2. The van der Waals surface area contributed by atoms with Gasteiger partial charge in [-0.3, -0.25) is 4.79 Å². The Labute approximate surface area is 128 Å². The van der Waals surface area contributed by atoms with Crippen molar-refractivity contribution in [2.75, 3.05) is 6.54 Å². The zero-order valence-electron chi connectivity index (χ0n) is 12.6. The SMILES string of the molecule is Cc1ccc(C(=O)N2CCc3ccccc3C2C(=O)O)n1C. The lowest BCUT2D eigenvalue weighted by molar-refractivity contribution is -0.143. The molecule has 2 aromatic rings. The predicted octanol–water partition coefficient (Wildman–Crippen LogP) is 2.16. The highest BCUT2D eigenvalue weighted by Gasteiger charge is 2.36. The molecule has 1 aromatic heterocycles. The van der Waals surface area contributed by atoms with E-state index in [0.717, 1.165) is 11.3 Å². The number of carboxylic acid groups (broad SMARTS) is 1. The minimum absolute atomic E-state index is 0.238. The molecule has 1 unspecified atom stereocenters. The molecule has 2 heterocycles. The van der Waals surface area contributed by atoms with Crippen LogP contribution in [0.15, 0.2) is 36.4 Å². The minimum atomic E-state index is -0.994. The smallest absolute Gasteiger partial charge is 0.331 e. The number of carboxylic acids is 1. The van der Waals surface area contributed by atoms with Gasteiger partial charge in [0.05, 0.1) is 0 Å². The maximum atomic E-state index is 12.8. The average Bonchev–Trinajstić information content (AvgIpc) is 2.85. The van der Waals surface area contributed by atoms with E-state index in [0.29, 0.717) is 24.2 Å². The van der Waals surface area contributed by atoms with Crippen molar-refractivity contribution in [2.24, 2.45) is 7.05 Å². The van der Waals surface area contributed by atoms with E-state index in [1.54, 1.807) is 16.7 Å². The molecule has 1 N–H and O–H groups in total. The number of aryl methyl sites for hydroxylation is 1. The summed E-state index contributed by atoms with van der Waals surface area (Å²) in [6.45, 7) is 2.33. The van der Waals surface area contributed by atoms with Crippen molar-refractivity contribution in [3.8, 4) is 0 Å². The van der Waals surface area contributed by atoms with Crippen LogP contribution in [0.5, 0.6) is 0 Å². The predicted molar refractivity (Wildman–Crippen MR) is 81.7 cm³/mol. The summed E-state index contributed by atoms with van der Waals surface area (Å²) in [6, 6.07) is 10.1. The number of carbonyl (C=O) groups is 2. The molecule has 0 spiro atoms. The quantitative estimate of drug-likeness (QED) is 0.924. The third kappa shape index (κ3) is 2.19. The van der Waals surface area contributed by atoms with Gasteiger partial charge >= 0.3 is 5.97 Å². The van der Waals surface area contributed by atoms with Gasteiger partial charge in [0, 0.05) is 19.3 Å². The molecule has 0 saturated heterocycles. The second-order valence-corrected chi connectivity index (χ2v) is 5.61. The molecule has 0 radical (unpaired) electrons.